The normalized spacial score (nSPS) is 10.4. The molecule has 0 fully saturated rings. The van der Waals surface area contributed by atoms with Crippen molar-refractivity contribution in [3.8, 4) is 0 Å². The molecule has 2 aromatic rings. The highest BCUT2D eigenvalue weighted by Crippen LogP contribution is 2.14. The number of benzene rings is 2. The zero-order valence-corrected chi connectivity index (χ0v) is 15.0. The zero-order valence-electron chi connectivity index (χ0n) is 14.2. The molecule has 3 N–H and O–H groups in total. The van der Waals surface area contributed by atoms with Gasteiger partial charge in [0.2, 0.25) is 5.91 Å². The van der Waals surface area contributed by atoms with Crippen molar-refractivity contribution >= 4 is 29.3 Å². The SMILES string of the molecule is O=C(CSCc1ccc(C(=O)NCCCO)cc1)Nc1ccc(F)cc1. The molecule has 0 aromatic heterocycles. The summed E-state index contributed by atoms with van der Waals surface area (Å²) < 4.78 is 12.8. The molecule has 2 amide bonds. The van der Waals surface area contributed by atoms with E-state index < -0.39 is 0 Å². The number of nitrogens with one attached hydrogen (secondary N) is 2. The molecule has 26 heavy (non-hydrogen) atoms. The Morgan fingerprint density at radius 2 is 1.73 bits per heavy atom. The van der Waals surface area contributed by atoms with Crippen LogP contribution in [0.1, 0.15) is 22.3 Å². The predicted molar refractivity (Wildman–Crippen MR) is 102 cm³/mol. The van der Waals surface area contributed by atoms with Crippen LogP contribution < -0.4 is 10.6 Å². The molecule has 0 aliphatic carbocycles. The van der Waals surface area contributed by atoms with Gasteiger partial charge in [-0.2, -0.15) is 0 Å². The van der Waals surface area contributed by atoms with E-state index in [9.17, 15) is 14.0 Å². The van der Waals surface area contributed by atoms with Crippen molar-refractivity contribution in [3.05, 3.63) is 65.5 Å². The minimum absolute atomic E-state index is 0.0468. The van der Waals surface area contributed by atoms with Gasteiger partial charge in [-0.25, -0.2) is 4.39 Å². The lowest BCUT2D eigenvalue weighted by atomic mass is 10.1. The fourth-order valence-corrected chi connectivity index (χ4v) is 2.92. The van der Waals surface area contributed by atoms with Crippen LogP contribution >= 0.6 is 11.8 Å². The lowest BCUT2D eigenvalue weighted by molar-refractivity contribution is -0.113. The summed E-state index contributed by atoms with van der Waals surface area (Å²) in [4.78, 5) is 23.7. The van der Waals surface area contributed by atoms with Gasteiger partial charge in [-0.15, -0.1) is 11.8 Å². The van der Waals surface area contributed by atoms with Crippen molar-refractivity contribution in [2.45, 2.75) is 12.2 Å². The van der Waals surface area contributed by atoms with Gasteiger partial charge in [-0.1, -0.05) is 12.1 Å². The van der Waals surface area contributed by atoms with Gasteiger partial charge in [0.25, 0.3) is 5.91 Å². The Bertz CT molecular complexity index is 721. The van der Waals surface area contributed by atoms with E-state index >= 15 is 0 Å². The molecule has 2 rings (SSSR count). The predicted octanol–water partition coefficient (Wildman–Crippen LogP) is 2.81. The standard InChI is InChI=1S/C19H21FN2O3S/c20-16-6-8-17(9-7-16)22-18(24)13-26-12-14-2-4-15(5-3-14)19(25)21-10-1-11-23/h2-9,23H,1,10-13H2,(H,21,25)(H,22,24). The van der Waals surface area contributed by atoms with Crippen LogP contribution in [0.3, 0.4) is 0 Å². The molecule has 0 bridgehead atoms. The minimum atomic E-state index is -0.345. The number of rotatable bonds is 9. The van der Waals surface area contributed by atoms with Crippen molar-refractivity contribution < 1.29 is 19.1 Å². The first-order valence-electron chi connectivity index (χ1n) is 8.19. The number of halogens is 1. The molecular weight excluding hydrogens is 355 g/mol. The third kappa shape index (κ3) is 6.85. The molecule has 0 aliphatic rings. The van der Waals surface area contributed by atoms with Crippen LogP contribution in [-0.4, -0.2) is 35.8 Å². The number of hydrogen-bond donors (Lipinski definition) is 3. The van der Waals surface area contributed by atoms with E-state index in [1.54, 1.807) is 12.1 Å². The number of aliphatic hydroxyl groups is 1. The maximum atomic E-state index is 12.8. The van der Waals surface area contributed by atoms with Crippen LogP contribution in [0, 0.1) is 5.82 Å². The lowest BCUT2D eigenvalue weighted by Gasteiger charge is -2.07. The molecule has 0 unspecified atom stereocenters. The molecule has 0 radical (unpaired) electrons. The van der Waals surface area contributed by atoms with Gasteiger partial charge in [-0.05, 0) is 48.4 Å². The summed E-state index contributed by atoms with van der Waals surface area (Å²) >= 11 is 1.45. The number of amides is 2. The molecule has 0 aliphatic heterocycles. The third-order valence-electron chi connectivity index (χ3n) is 3.47. The summed E-state index contributed by atoms with van der Waals surface area (Å²) in [5.41, 5.74) is 2.13. The van der Waals surface area contributed by atoms with Crippen LogP contribution in [-0.2, 0) is 10.5 Å². The smallest absolute Gasteiger partial charge is 0.251 e. The summed E-state index contributed by atoms with van der Waals surface area (Å²) in [6.45, 7) is 0.487. The first-order valence-corrected chi connectivity index (χ1v) is 9.35. The summed E-state index contributed by atoms with van der Waals surface area (Å²) in [7, 11) is 0. The van der Waals surface area contributed by atoms with Crippen molar-refractivity contribution in [1.82, 2.24) is 5.32 Å². The van der Waals surface area contributed by atoms with Crippen LogP contribution in [0.25, 0.3) is 0 Å². The van der Waals surface area contributed by atoms with E-state index in [4.69, 9.17) is 5.11 Å². The molecule has 0 saturated heterocycles. The van der Waals surface area contributed by atoms with E-state index in [1.165, 1.54) is 36.0 Å². The van der Waals surface area contributed by atoms with E-state index in [-0.39, 0.29) is 30.0 Å². The van der Waals surface area contributed by atoms with Gasteiger partial charge >= 0.3 is 0 Å². The maximum absolute atomic E-state index is 12.8. The molecular formula is C19H21FN2O3S. The van der Waals surface area contributed by atoms with Gasteiger partial charge < -0.3 is 15.7 Å². The highest BCUT2D eigenvalue weighted by Gasteiger charge is 2.06. The monoisotopic (exact) mass is 376 g/mol. The highest BCUT2D eigenvalue weighted by atomic mass is 32.2. The van der Waals surface area contributed by atoms with Crippen molar-refractivity contribution in [1.29, 1.82) is 0 Å². The lowest BCUT2D eigenvalue weighted by Crippen LogP contribution is -2.24. The zero-order chi connectivity index (χ0) is 18.8. The maximum Gasteiger partial charge on any atom is 0.251 e. The third-order valence-corrected chi connectivity index (χ3v) is 4.47. The van der Waals surface area contributed by atoms with Gasteiger partial charge in [0.1, 0.15) is 5.82 Å². The Kier molecular flexibility index (Phi) is 8.11. The second-order valence-electron chi connectivity index (χ2n) is 5.58. The van der Waals surface area contributed by atoms with Gasteiger partial charge in [0, 0.05) is 30.2 Å². The fraction of sp³-hybridized carbons (Fsp3) is 0.263. The number of carbonyl (C=O) groups excluding carboxylic acids is 2. The fourth-order valence-electron chi connectivity index (χ4n) is 2.13. The molecule has 0 atom stereocenters. The number of carbonyl (C=O) groups is 2. The number of hydrogen-bond acceptors (Lipinski definition) is 4. The molecule has 0 heterocycles. The van der Waals surface area contributed by atoms with Crippen LogP contribution in [0.4, 0.5) is 10.1 Å². The van der Waals surface area contributed by atoms with Gasteiger partial charge in [-0.3, -0.25) is 9.59 Å². The highest BCUT2D eigenvalue weighted by molar-refractivity contribution is 7.99. The van der Waals surface area contributed by atoms with E-state index in [1.807, 2.05) is 12.1 Å². The van der Waals surface area contributed by atoms with E-state index in [0.29, 0.717) is 30.0 Å². The van der Waals surface area contributed by atoms with Crippen molar-refractivity contribution in [2.24, 2.45) is 0 Å². The number of aliphatic hydroxyl groups excluding tert-OH is 1. The van der Waals surface area contributed by atoms with Crippen LogP contribution in [0.15, 0.2) is 48.5 Å². The molecule has 0 saturated carbocycles. The number of thioether (sulfide) groups is 1. The molecule has 0 spiro atoms. The average molecular weight is 376 g/mol. The summed E-state index contributed by atoms with van der Waals surface area (Å²) in [6.07, 6.45) is 0.528. The van der Waals surface area contributed by atoms with E-state index in [0.717, 1.165) is 5.56 Å². The second-order valence-corrected chi connectivity index (χ2v) is 6.56. The van der Waals surface area contributed by atoms with Crippen LogP contribution in [0.5, 0.6) is 0 Å². The largest absolute Gasteiger partial charge is 0.396 e. The minimum Gasteiger partial charge on any atom is -0.396 e. The van der Waals surface area contributed by atoms with Crippen molar-refractivity contribution in [2.75, 3.05) is 24.2 Å². The molecule has 2 aromatic carbocycles. The first kappa shape index (κ1) is 19.9. The number of anilines is 1. The Morgan fingerprint density at radius 3 is 2.38 bits per heavy atom. The Labute approximate surface area is 156 Å². The second kappa shape index (κ2) is 10.6. The Hall–Kier alpha value is -2.38. The quantitative estimate of drug-likeness (QED) is 0.588. The topological polar surface area (TPSA) is 78.4 Å². The molecule has 5 nitrogen and oxygen atoms in total. The Morgan fingerprint density at radius 1 is 1.04 bits per heavy atom. The van der Waals surface area contributed by atoms with Crippen LogP contribution in [0.2, 0.25) is 0 Å². The Balaban J connectivity index is 1.72. The van der Waals surface area contributed by atoms with Crippen molar-refractivity contribution in [3.63, 3.8) is 0 Å². The average Bonchev–Trinajstić information content (AvgIpc) is 2.64. The van der Waals surface area contributed by atoms with Gasteiger partial charge in [0.15, 0.2) is 0 Å². The van der Waals surface area contributed by atoms with Gasteiger partial charge in [0.05, 0.1) is 5.75 Å². The summed E-state index contributed by atoms with van der Waals surface area (Å²) in [6, 6.07) is 12.8. The van der Waals surface area contributed by atoms with E-state index in [2.05, 4.69) is 10.6 Å². The molecule has 7 heteroatoms. The first-order chi connectivity index (χ1) is 12.6. The molecule has 138 valence electrons. The summed E-state index contributed by atoms with van der Waals surface area (Å²) in [5.74, 6) is 0.255. The summed E-state index contributed by atoms with van der Waals surface area (Å²) in [5, 5.41) is 14.1.